The summed E-state index contributed by atoms with van der Waals surface area (Å²) in [5, 5.41) is 8.64. The first-order valence-corrected chi connectivity index (χ1v) is 9.07. The monoisotopic (exact) mass is 374 g/mol. The molecule has 2 rings (SSSR count). The van der Waals surface area contributed by atoms with Crippen LogP contribution in [0.5, 0.6) is 0 Å². The topological polar surface area (TPSA) is 54.4 Å². The molecule has 0 aromatic heterocycles. The van der Waals surface area contributed by atoms with Crippen molar-refractivity contribution in [2.45, 2.75) is 53.4 Å². The zero-order valence-electron chi connectivity index (χ0n) is 16.3. The highest BCUT2D eigenvalue weighted by Gasteiger charge is 2.14. The molecule has 0 saturated carbocycles. The zero-order valence-corrected chi connectivity index (χ0v) is 17.0. The molecule has 0 unspecified atom stereocenters. The third kappa shape index (κ3) is 5.43. The Labute approximate surface area is 161 Å². The standard InChI is InChI=1S/C11H13ClO.C11H14O2/c2*1-7(2)9-6-4-5-8(3)10(9)11(12)13/h4-7H,1-3H3;4-7H,1-3H3,(H,12,13). The number of aromatic carboxylic acids is 1. The summed E-state index contributed by atoms with van der Waals surface area (Å²) in [5.41, 5.74) is 4.84. The van der Waals surface area contributed by atoms with Gasteiger partial charge in [0.25, 0.3) is 5.24 Å². The van der Waals surface area contributed by atoms with Gasteiger partial charge in [0, 0.05) is 5.56 Å². The first-order valence-electron chi connectivity index (χ1n) is 8.70. The molecule has 0 fully saturated rings. The number of hydrogen-bond donors (Lipinski definition) is 1. The fraction of sp³-hybridized carbons (Fsp3) is 0.364. The fourth-order valence-electron chi connectivity index (χ4n) is 2.90. The molecule has 0 spiro atoms. The molecule has 0 atom stereocenters. The predicted octanol–water partition coefficient (Wildman–Crippen LogP) is 6.31. The number of halogens is 1. The van der Waals surface area contributed by atoms with Crippen molar-refractivity contribution in [3.63, 3.8) is 0 Å². The van der Waals surface area contributed by atoms with Crippen molar-refractivity contribution in [1.82, 2.24) is 0 Å². The number of benzene rings is 2. The average molecular weight is 375 g/mol. The van der Waals surface area contributed by atoms with E-state index < -0.39 is 5.97 Å². The maximum atomic E-state index is 11.2. The summed E-state index contributed by atoms with van der Waals surface area (Å²) in [6.45, 7) is 11.8. The van der Waals surface area contributed by atoms with Gasteiger partial charge >= 0.3 is 5.97 Å². The highest BCUT2D eigenvalue weighted by molar-refractivity contribution is 6.68. The molecule has 0 amide bonds. The van der Waals surface area contributed by atoms with Crippen molar-refractivity contribution < 1.29 is 14.7 Å². The predicted molar refractivity (Wildman–Crippen MR) is 108 cm³/mol. The largest absolute Gasteiger partial charge is 0.478 e. The molecular formula is C22H27ClO3. The first-order chi connectivity index (χ1) is 12.1. The molecule has 4 heteroatoms. The summed E-state index contributed by atoms with van der Waals surface area (Å²) in [6, 6.07) is 11.4. The van der Waals surface area contributed by atoms with E-state index in [0.29, 0.717) is 17.0 Å². The molecule has 3 nitrogen and oxygen atoms in total. The minimum absolute atomic E-state index is 0.256. The molecule has 2 aromatic carbocycles. The Morgan fingerprint density at radius 2 is 1.19 bits per heavy atom. The summed E-state index contributed by atoms with van der Waals surface area (Å²) in [6.07, 6.45) is 0. The molecule has 1 N–H and O–H groups in total. The van der Waals surface area contributed by atoms with Crippen molar-refractivity contribution in [2.75, 3.05) is 0 Å². The second-order valence-corrected chi connectivity index (χ2v) is 7.31. The van der Waals surface area contributed by atoms with Gasteiger partial charge in [-0.15, -0.1) is 0 Å². The van der Waals surface area contributed by atoms with E-state index in [1.807, 2.05) is 64.1 Å². The maximum Gasteiger partial charge on any atom is 0.336 e. The molecule has 0 bridgehead atoms. The average Bonchev–Trinajstić information content (AvgIpc) is 2.54. The van der Waals surface area contributed by atoms with Gasteiger partial charge in [-0.3, -0.25) is 4.79 Å². The van der Waals surface area contributed by atoms with Crippen LogP contribution < -0.4 is 0 Å². The molecule has 2 aromatic rings. The zero-order chi connectivity index (χ0) is 20.0. The molecule has 0 aliphatic rings. The Morgan fingerprint density at radius 1 is 0.808 bits per heavy atom. The van der Waals surface area contributed by atoms with Crippen molar-refractivity contribution in [1.29, 1.82) is 0 Å². The highest BCUT2D eigenvalue weighted by Crippen LogP contribution is 2.24. The molecule has 0 saturated heterocycles. The van der Waals surface area contributed by atoms with E-state index >= 15 is 0 Å². The Bertz CT molecular complexity index is 724. The van der Waals surface area contributed by atoms with Crippen molar-refractivity contribution in [3.8, 4) is 0 Å². The molecule has 0 radical (unpaired) electrons. The molecule has 0 heterocycles. The van der Waals surface area contributed by atoms with E-state index in [-0.39, 0.29) is 11.2 Å². The lowest BCUT2D eigenvalue weighted by Gasteiger charge is -2.11. The van der Waals surface area contributed by atoms with Gasteiger partial charge in [-0.2, -0.15) is 0 Å². The Morgan fingerprint density at radius 3 is 1.46 bits per heavy atom. The third-order valence-electron chi connectivity index (χ3n) is 4.26. The van der Waals surface area contributed by atoms with Crippen LogP contribution in [0.25, 0.3) is 0 Å². The van der Waals surface area contributed by atoms with Gasteiger partial charge in [-0.05, 0) is 59.5 Å². The van der Waals surface area contributed by atoms with Gasteiger partial charge in [0.15, 0.2) is 0 Å². The van der Waals surface area contributed by atoms with E-state index in [0.717, 1.165) is 22.3 Å². The van der Waals surface area contributed by atoms with Crippen molar-refractivity contribution >= 4 is 22.8 Å². The minimum Gasteiger partial charge on any atom is -0.478 e. The number of carboxylic acid groups (broad SMARTS) is 1. The minimum atomic E-state index is -0.832. The van der Waals surface area contributed by atoms with Gasteiger partial charge in [0.1, 0.15) is 0 Å². The van der Waals surface area contributed by atoms with Gasteiger partial charge < -0.3 is 5.11 Å². The van der Waals surface area contributed by atoms with Crippen LogP contribution in [-0.2, 0) is 0 Å². The molecular weight excluding hydrogens is 348 g/mol. The fourth-order valence-corrected chi connectivity index (χ4v) is 3.16. The van der Waals surface area contributed by atoms with Crippen LogP contribution in [0, 0.1) is 13.8 Å². The third-order valence-corrected chi connectivity index (χ3v) is 4.45. The Hall–Kier alpha value is -2.13. The van der Waals surface area contributed by atoms with Crippen LogP contribution in [0.1, 0.15) is 82.5 Å². The number of carboxylic acids is 1. The van der Waals surface area contributed by atoms with Crippen LogP contribution >= 0.6 is 11.6 Å². The van der Waals surface area contributed by atoms with E-state index in [9.17, 15) is 9.59 Å². The van der Waals surface area contributed by atoms with Gasteiger partial charge in [0.2, 0.25) is 0 Å². The summed E-state index contributed by atoms with van der Waals surface area (Å²) in [4.78, 5) is 22.1. The van der Waals surface area contributed by atoms with Crippen molar-refractivity contribution in [3.05, 3.63) is 69.8 Å². The first kappa shape index (κ1) is 21.9. The van der Waals surface area contributed by atoms with E-state index in [1.54, 1.807) is 0 Å². The molecule has 0 aliphatic carbocycles. The maximum absolute atomic E-state index is 11.2. The Kier molecular flexibility index (Phi) is 8.04. The lowest BCUT2D eigenvalue weighted by atomic mass is 9.94. The number of rotatable bonds is 4. The number of carbonyl (C=O) groups excluding carboxylic acids is 1. The normalized spacial score (nSPS) is 10.5. The number of aryl methyl sites for hydroxylation is 2. The van der Waals surface area contributed by atoms with E-state index in [1.165, 1.54) is 0 Å². The van der Waals surface area contributed by atoms with Crippen molar-refractivity contribution in [2.24, 2.45) is 0 Å². The molecule has 26 heavy (non-hydrogen) atoms. The van der Waals surface area contributed by atoms with E-state index in [4.69, 9.17) is 16.7 Å². The summed E-state index contributed by atoms with van der Waals surface area (Å²) in [7, 11) is 0. The SMILES string of the molecule is Cc1cccc(C(C)C)c1C(=O)Cl.Cc1cccc(C(C)C)c1C(=O)O. The second kappa shape index (κ2) is 9.54. The van der Waals surface area contributed by atoms with Crippen LogP contribution in [-0.4, -0.2) is 16.3 Å². The Balaban J connectivity index is 0.000000260. The smallest absolute Gasteiger partial charge is 0.336 e. The van der Waals surface area contributed by atoms with Crippen LogP contribution in [0.15, 0.2) is 36.4 Å². The van der Waals surface area contributed by atoms with Gasteiger partial charge in [0.05, 0.1) is 5.56 Å². The summed E-state index contributed by atoms with van der Waals surface area (Å²) in [5.74, 6) is -0.245. The number of carbonyl (C=O) groups is 2. The van der Waals surface area contributed by atoms with Gasteiger partial charge in [-0.1, -0.05) is 64.1 Å². The van der Waals surface area contributed by atoms with Crippen LogP contribution in [0.4, 0.5) is 0 Å². The summed E-state index contributed by atoms with van der Waals surface area (Å²) < 4.78 is 0. The van der Waals surface area contributed by atoms with Crippen LogP contribution in [0.2, 0.25) is 0 Å². The molecule has 0 aliphatic heterocycles. The number of hydrogen-bond acceptors (Lipinski definition) is 2. The van der Waals surface area contributed by atoms with Gasteiger partial charge in [-0.25, -0.2) is 4.79 Å². The lowest BCUT2D eigenvalue weighted by molar-refractivity contribution is 0.0694. The quantitative estimate of drug-likeness (QED) is 0.637. The van der Waals surface area contributed by atoms with E-state index in [2.05, 4.69) is 13.8 Å². The van der Waals surface area contributed by atoms with Crippen LogP contribution in [0.3, 0.4) is 0 Å². The second-order valence-electron chi connectivity index (χ2n) is 6.97. The highest BCUT2D eigenvalue weighted by atomic mass is 35.5. The molecule has 140 valence electrons. The lowest BCUT2D eigenvalue weighted by Crippen LogP contribution is -2.06. The summed E-state index contributed by atoms with van der Waals surface area (Å²) >= 11 is 5.52.